The fourth-order valence-electron chi connectivity index (χ4n) is 2.38. The van der Waals surface area contributed by atoms with Crippen molar-refractivity contribution in [3.05, 3.63) is 47.5 Å². The van der Waals surface area contributed by atoms with Crippen molar-refractivity contribution in [3.8, 4) is 0 Å². The summed E-state index contributed by atoms with van der Waals surface area (Å²) in [5.41, 5.74) is 2.57. The van der Waals surface area contributed by atoms with Crippen LogP contribution in [0.5, 0.6) is 0 Å². The van der Waals surface area contributed by atoms with E-state index in [0.29, 0.717) is 29.4 Å². The van der Waals surface area contributed by atoms with E-state index < -0.39 is 0 Å². The summed E-state index contributed by atoms with van der Waals surface area (Å²) in [7, 11) is 0. The monoisotopic (exact) mass is 375 g/mol. The Balaban J connectivity index is 1.38. The van der Waals surface area contributed by atoms with Gasteiger partial charge in [-0.2, -0.15) is 4.98 Å². The van der Waals surface area contributed by atoms with Crippen LogP contribution in [-0.4, -0.2) is 38.1 Å². The van der Waals surface area contributed by atoms with E-state index in [1.807, 2.05) is 18.2 Å². The minimum absolute atomic E-state index is 0.0431. The maximum absolute atomic E-state index is 11.9. The van der Waals surface area contributed by atoms with Crippen molar-refractivity contribution in [2.75, 3.05) is 12.3 Å². The molecule has 0 aliphatic rings. The van der Waals surface area contributed by atoms with E-state index in [1.54, 1.807) is 6.33 Å². The number of benzene rings is 1. The number of nitrogens with one attached hydrogen (secondary N) is 2. The van der Waals surface area contributed by atoms with Crippen molar-refractivity contribution < 1.29 is 4.79 Å². The highest BCUT2D eigenvalue weighted by Gasteiger charge is 2.10. The van der Waals surface area contributed by atoms with Crippen LogP contribution in [0.4, 0.5) is 0 Å². The number of imidazole rings is 1. The van der Waals surface area contributed by atoms with Gasteiger partial charge in [-0.05, 0) is 30.0 Å². The Morgan fingerprint density at radius 3 is 2.92 bits per heavy atom. The van der Waals surface area contributed by atoms with Gasteiger partial charge in [-0.1, -0.05) is 30.3 Å². The quantitative estimate of drug-likeness (QED) is 0.273. The Bertz CT molecular complexity index is 839. The maximum Gasteiger partial charge on any atom is 0.225 e. The Hall–Kier alpha value is -2.12. The first kappa shape index (κ1) is 17.7. The van der Waals surface area contributed by atoms with Gasteiger partial charge < -0.3 is 10.3 Å². The molecule has 0 saturated carbocycles. The molecule has 8 heteroatoms. The first-order chi connectivity index (χ1) is 12.2. The van der Waals surface area contributed by atoms with Crippen molar-refractivity contribution >= 4 is 40.4 Å². The third-order valence-corrected chi connectivity index (χ3v) is 4.75. The van der Waals surface area contributed by atoms with Crippen LogP contribution in [-0.2, 0) is 11.2 Å². The lowest BCUT2D eigenvalue weighted by Crippen LogP contribution is -2.25. The Morgan fingerprint density at radius 1 is 1.24 bits per heavy atom. The second-order valence-electron chi connectivity index (χ2n) is 5.44. The Labute approximate surface area is 154 Å². The second-order valence-corrected chi connectivity index (χ2v) is 6.86. The van der Waals surface area contributed by atoms with Crippen LogP contribution in [0.2, 0.25) is 5.28 Å². The largest absolute Gasteiger partial charge is 0.356 e. The summed E-state index contributed by atoms with van der Waals surface area (Å²) in [6, 6.07) is 10.3. The number of thioether (sulfide) groups is 1. The molecule has 1 aromatic carbocycles. The summed E-state index contributed by atoms with van der Waals surface area (Å²) < 4.78 is 0. The van der Waals surface area contributed by atoms with Gasteiger partial charge in [0.05, 0.1) is 6.33 Å². The molecular formula is C17H18ClN5OS. The number of fused-ring (bicyclic) bond motifs is 1. The van der Waals surface area contributed by atoms with E-state index in [-0.39, 0.29) is 11.2 Å². The molecule has 0 aliphatic carbocycles. The number of aromatic nitrogens is 4. The number of aryl methyl sites for hydroxylation is 1. The summed E-state index contributed by atoms with van der Waals surface area (Å²) in [5, 5.41) is 3.82. The van der Waals surface area contributed by atoms with Gasteiger partial charge in [-0.25, -0.2) is 9.97 Å². The van der Waals surface area contributed by atoms with Crippen molar-refractivity contribution in [3.63, 3.8) is 0 Å². The number of rotatable bonds is 8. The van der Waals surface area contributed by atoms with Gasteiger partial charge in [0.1, 0.15) is 10.5 Å². The number of nitrogens with zero attached hydrogens (tertiary/aromatic N) is 3. The highest BCUT2D eigenvalue weighted by atomic mass is 35.5. The van der Waals surface area contributed by atoms with Crippen LogP contribution in [0.25, 0.3) is 11.2 Å². The van der Waals surface area contributed by atoms with Gasteiger partial charge in [0.25, 0.3) is 0 Å². The number of carbonyl (C=O) groups is 1. The van der Waals surface area contributed by atoms with Gasteiger partial charge >= 0.3 is 0 Å². The normalized spacial score (nSPS) is 10.9. The molecule has 2 aromatic heterocycles. The minimum atomic E-state index is 0.0431. The second kappa shape index (κ2) is 8.82. The summed E-state index contributed by atoms with van der Waals surface area (Å²) in [6.45, 7) is 0.683. The SMILES string of the molecule is O=C(CCSc1nc(Cl)nc2nc[nH]c12)NCCCc1ccccc1. The van der Waals surface area contributed by atoms with Crippen molar-refractivity contribution in [2.45, 2.75) is 24.3 Å². The summed E-state index contributed by atoms with van der Waals surface area (Å²) in [5.74, 6) is 0.660. The number of H-pyrrole nitrogens is 1. The molecule has 0 fully saturated rings. The lowest BCUT2D eigenvalue weighted by molar-refractivity contribution is -0.120. The van der Waals surface area contributed by atoms with E-state index in [2.05, 4.69) is 37.4 Å². The fraction of sp³-hybridized carbons (Fsp3) is 0.294. The molecule has 0 aliphatic heterocycles. The Kier molecular flexibility index (Phi) is 6.25. The molecule has 0 saturated heterocycles. The van der Waals surface area contributed by atoms with E-state index in [9.17, 15) is 4.79 Å². The predicted octanol–water partition coefficient (Wildman–Crippen LogP) is 3.24. The van der Waals surface area contributed by atoms with Crippen LogP contribution in [0.3, 0.4) is 0 Å². The van der Waals surface area contributed by atoms with E-state index in [1.165, 1.54) is 17.3 Å². The molecule has 2 N–H and O–H groups in total. The van der Waals surface area contributed by atoms with E-state index in [4.69, 9.17) is 11.6 Å². The highest BCUT2D eigenvalue weighted by Crippen LogP contribution is 2.24. The van der Waals surface area contributed by atoms with Crippen LogP contribution < -0.4 is 5.32 Å². The number of aromatic amines is 1. The molecule has 25 heavy (non-hydrogen) atoms. The number of carbonyl (C=O) groups excluding carboxylic acids is 1. The molecule has 130 valence electrons. The lowest BCUT2D eigenvalue weighted by atomic mass is 10.1. The molecule has 0 radical (unpaired) electrons. The van der Waals surface area contributed by atoms with Crippen molar-refractivity contribution in [2.24, 2.45) is 0 Å². The van der Waals surface area contributed by atoms with Crippen LogP contribution in [0.15, 0.2) is 41.7 Å². The molecule has 6 nitrogen and oxygen atoms in total. The molecule has 0 spiro atoms. The molecule has 0 atom stereocenters. The third kappa shape index (κ3) is 5.17. The van der Waals surface area contributed by atoms with Gasteiger partial charge in [0, 0.05) is 18.7 Å². The molecule has 1 amide bonds. The zero-order valence-electron chi connectivity index (χ0n) is 13.5. The van der Waals surface area contributed by atoms with Crippen LogP contribution in [0.1, 0.15) is 18.4 Å². The highest BCUT2D eigenvalue weighted by molar-refractivity contribution is 7.99. The Morgan fingerprint density at radius 2 is 2.08 bits per heavy atom. The van der Waals surface area contributed by atoms with Crippen LogP contribution >= 0.6 is 23.4 Å². The smallest absolute Gasteiger partial charge is 0.225 e. The molecule has 0 unspecified atom stereocenters. The van der Waals surface area contributed by atoms with E-state index >= 15 is 0 Å². The molecule has 0 bridgehead atoms. The first-order valence-electron chi connectivity index (χ1n) is 8.02. The van der Waals surface area contributed by atoms with Gasteiger partial charge in [-0.15, -0.1) is 11.8 Å². The summed E-state index contributed by atoms with van der Waals surface area (Å²) in [6.07, 6.45) is 3.87. The van der Waals surface area contributed by atoms with Crippen molar-refractivity contribution in [1.82, 2.24) is 25.3 Å². The molecule has 2 heterocycles. The molecule has 3 aromatic rings. The van der Waals surface area contributed by atoms with Gasteiger partial charge in [0.2, 0.25) is 11.2 Å². The van der Waals surface area contributed by atoms with E-state index in [0.717, 1.165) is 18.4 Å². The van der Waals surface area contributed by atoms with Gasteiger partial charge in [-0.3, -0.25) is 4.79 Å². The topological polar surface area (TPSA) is 83.6 Å². The molecule has 3 rings (SSSR count). The number of hydrogen-bond acceptors (Lipinski definition) is 5. The number of hydrogen-bond donors (Lipinski definition) is 2. The van der Waals surface area contributed by atoms with Gasteiger partial charge in [0.15, 0.2) is 5.65 Å². The average molecular weight is 376 g/mol. The standard InChI is InChI=1S/C17H18ClN5OS/c18-17-22-15-14(20-11-21-15)16(23-17)25-10-8-13(24)19-9-4-7-12-5-2-1-3-6-12/h1-3,5-6,11H,4,7-10H2,(H,19,24)(H,20,21,22,23). The minimum Gasteiger partial charge on any atom is -0.356 e. The maximum atomic E-state index is 11.9. The fourth-order valence-corrected chi connectivity index (χ4v) is 3.52. The number of amides is 1. The van der Waals surface area contributed by atoms with Crippen molar-refractivity contribution in [1.29, 1.82) is 0 Å². The average Bonchev–Trinajstić information content (AvgIpc) is 3.08. The first-order valence-corrected chi connectivity index (χ1v) is 9.39. The zero-order valence-corrected chi connectivity index (χ0v) is 15.1. The summed E-state index contributed by atoms with van der Waals surface area (Å²) in [4.78, 5) is 27.2. The lowest BCUT2D eigenvalue weighted by Gasteiger charge is -2.06. The van der Waals surface area contributed by atoms with Crippen LogP contribution in [0, 0.1) is 0 Å². The third-order valence-electron chi connectivity index (χ3n) is 3.60. The zero-order chi connectivity index (χ0) is 17.5. The molecular weight excluding hydrogens is 358 g/mol. The summed E-state index contributed by atoms with van der Waals surface area (Å²) >= 11 is 7.35. The number of halogens is 1. The predicted molar refractivity (Wildman–Crippen MR) is 99.8 cm³/mol.